The summed E-state index contributed by atoms with van der Waals surface area (Å²) in [5, 5.41) is 3.09. The molecule has 1 aromatic rings. The van der Waals surface area contributed by atoms with Gasteiger partial charge in [-0.2, -0.15) is 0 Å². The van der Waals surface area contributed by atoms with E-state index in [1.54, 1.807) is 22.7 Å². The number of allylic oxidation sites excluding steroid dienone is 1. The number of hydrogen-bond acceptors (Lipinski definition) is 3. The molecule has 5 nitrogen and oxygen atoms in total. The van der Waals surface area contributed by atoms with E-state index in [4.69, 9.17) is 0 Å². The van der Waals surface area contributed by atoms with E-state index in [1.165, 1.54) is 25.7 Å². The largest absolute Gasteiger partial charge is 0.350 e. The van der Waals surface area contributed by atoms with Crippen molar-refractivity contribution in [2.45, 2.75) is 39.5 Å². The summed E-state index contributed by atoms with van der Waals surface area (Å²) < 4.78 is 1.77. The van der Waals surface area contributed by atoms with Crippen molar-refractivity contribution < 1.29 is 4.79 Å². The zero-order valence-electron chi connectivity index (χ0n) is 16.4. The van der Waals surface area contributed by atoms with Gasteiger partial charge in [0.25, 0.3) is 5.91 Å². The minimum absolute atomic E-state index is 0.0124. The predicted molar refractivity (Wildman–Crippen MR) is 103 cm³/mol. The fraction of sp³-hybridized carbons (Fsp3) is 0.714. The number of carbonyl (C=O) groups is 1. The van der Waals surface area contributed by atoms with Gasteiger partial charge >= 0.3 is 0 Å². The van der Waals surface area contributed by atoms with E-state index in [1.807, 2.05) is 7.05 Å². The summed E-state index contributed by atoms with van der Waals surface area (Å²) in [6.07, 6.45) is 10.9. The first-order valence-electron chi connectivity index (χ1n) is 10.1. The molecule has 1 aliphatic heterocycles. The van der Waals surface area contributed by atoms with Crippen molar-refractivity contribution in [2.24, 2.45) is 30.2 Å². The van der Waals surface area contributed by atoms with E-state index >= 15 is 0 Å². The predicted octanol–water partition coefficient (Wildman–Crippen LogP) is 2.85. The van der Waals surface area contributed by atoms with Crippen LogP contribution in [0.5, 0.6) is 0 Å². The molecule has 1 saturated heterocycles. The minimum atomic E-state index is -0.0124. The number of aryl methyl sites for hydroxylation is 1. The summed E-state index contributed by atoms with van der Waals surface area (Å²) in [5.74, 6) is 2.32. The van der Waals surface area contributed by atoms with Gasteiger partial charge in [-0.05, 0) is 61.9 Å². The first-order chi connectivity index (χ1) is 12.4. The van der Waals surface area contributed by atoms with Gasteiger partial charge in [0, 0.05) is 20.1 Å². The Bertz CT molecular complexity index is 697. The molecule has 1 saturated carbocycles. The van der Waals surface area contributed by atoms with Crippen molar-refractivity contribution in [1.29, 1.82) is 0 Å². The normalized spacial score (nSPS) is 28.3. The lowest BCUT2D eigenvalue weighted by Crippen LogP contribution is -2.50. The summed E-state index contributed by atoms with van der Waals surface area (Å²) in [6, 6.07) is 0. The number of nitrogens with zero attached hydrogens (tertiary/aromatic N) is 3. The Labute approximate surface area is 156 Å². The molecule has 142 valence electrons. The second-order valence-electron chi connectivity index (χ2n) is 9.14. The maximum absolute atomic E-state index is 12.2. The Hall–Kier alpha value is -1.62. The third kappa shape index (κ3) is 3.22. The summed E-state index contributed by atoms with van der Waals surface area (Å²) in [5.41, 5.74) is 2.85. The van der Waals surface area contributed by atoms with Crippen LogP contribution in [0.3, 0.4) is 0 Å². The zero-order valence-corrected chi connectivity index (χ0v) is 16.4. The van der Waals surface area contributed by atoms with Crippen LogP contribution in [0.25, 0.3) is 0 Å². The lowest BCUT2D eigenvalue weighted by Gasteiger charge is -2.57. The van der Waals surface area contributed by atoms with E-state index in [9.17, 15) is 4.79 Å². The Morgan fingerprint density at radius 3 is 2.73 bits per heavy atom. The molecule has 0 aromatic carbocycles. The second-order valence-corrected chi connectivity index (χ2v) is 9.14. The molecular weight excluding hydrogens is 324 g/mol. The number of hydrogen-bond donors (Lipinski definition) is 1. The Balaban J connectivity index is 1.22. The topological polar surface area (TPSA) is 50.2 Å². The quantitative estimate of drug-likeness (QED) is 0.826. The average molecular weight is 357 g/mol. The zero-order chi connectivity index (χ0) is 18.3. The van der Waals surface area contributed by atoms with Gasteiger partial charge in [-0.25, -0.2) is 4.98 Å². The fourth-order valence-electron chi connectivity index (χ4n) is 5.17. The molecule has 4 aliphatic rings. The van der Waals surface area contributed by atoms with Crippen LogP contribution < -0.4 is 5.32 Å². The van der Waals surface area contributed by atoms with E-state index < -0.39 is 0 Å². The van der Waals surface area contributed by atoms with Crippen molar-refractivity contribution in [3.8, 4) is 0 Å². The number of likely N-dealkylation sites (tertiary alicyclic amines) is 1. The van der Waals surface area contributed by atoms with Crippen LogP contribution >= 0.6 is 0 Å². The lowest BCUT2D eigenvalue weighted by molar-refractivity contribution is -0.0115. The van der Waals surface area contributed by atoms with Crippen molar-refractivity contribution in [3.63, 3.8) is 0 Å². The van der Waals surface area contributed by atoms with E-state index in [0.29, 0.717) is 17.0 Å². The molecule has 2 atom stereocenters. The SMILES string of the molecule is Cn1cncc1C(=O)NCC1CCN(CC2=CC[C@H]3C[C@@H]2C3(C)C)CC1. The maximum Gasteiger partial charge on any atom is 0.269 e. The van der Waals surface area contributed by atoms with Gasteiger partial charge in [0.1, 0.15) is 5.69 Å². The highest BCUT2D eigenvalue weighted by Gasteiger charge is 2.51. The molecule has 1 amide bonds. The second kappa shape index (κ2) is 6.84. The molecule has 0 unspecified atom stereocenters. The number of amides is 1. The van der Waals surface area contributed by atoms with Crippen molar-refractivity contribution in [1.82, 2.24) is 19.8 Å². The molecule has 2 fully saturated rings. The van der Waals surface area contributed by atoms with Crippen LogP contribution in [0.2, 0.25) is 0 Å². The Morgan fingerprint density at radius 2 is 2.12 bits per heavy atom. The molecule has 3 aliphatic carbocycles. The van der Waals surface area contributed by atoms with Gasteiger partial charge in [-0.3, -0.25) is 9.69 Å². The number of imidazole rings is 1. The van der Waals surface area contributed by atoms with Crippen LogP contribution in [-0.4, -0.2) is 46.5 Å². The van der Waals surface area contributed by atoms with E-state index in [-0.39, 0.29) is 5.91 Å². The summed E-state index contributed by atoms with van der Waals surface area (Å²) in [6.45, 7) is 9.15. The minimum Gasteiger partial charge on any atom is -0.350 e. The highest BCUT2D eigenvalue weighted by atomic mass is 16.1. The lowest BCUT2D eigenvalue weighted by atomic mass is 9.49. The van der Waals surface area contributed by atoms with Gasteiger partial charge in [-0.15, -0.1) is 0 Å². The molecule has 5 heteroatoms. The van der Waals surface area contributed by atoms with Crippen LogP contribution in [0.4, 0.5) is 0 Å². The third-order valence-corrected chi connectivity index (χ3v) is 7.30. The molecule has 0 radical (unpaired) electrons. The fourth-order valence-corrected chi connectivity index (χ4v) is 5.17. The van der Waals surface area contributed by atoms with E-state index in [0.717, 1.165) is 38.0 Å². The molecule has 26 heavy (non-hydrogen) atoms. The van der Waals surface area contributed by atoms with Crippen LogP contribution in [0.15, 0.2) is 24.2 Å². The van der Waals surface area contributed by atoms with Gasteiger partial charge in [0.05, 0.1) is 12.5 Å². The molecule has 5 rings (SSSR count). The van der Waals surface area contributed by atoms with Crippen LogP contribution in [0, 0.1) is 23.2 Å². The first kappa shape index (κ1) is 17.8. The number of carbonyl (C=O) groups excluding carboxylic acids is 1. The van der Waals surface area contributed by atoms with Crippen molar-refractivity contribution in [2.75, 3.05) is 26.2 Å². The highest BCUT2D eigenvalue weighted by Crippen LogP contribution is 2.59. The smallest absolute Gasteiger partial charge is 0.269 e. The monoisotopic (exact) mass is 356 g/mol. The first-order valence-corrected chi connectivity index (χ1v) is 10.1. The molecule has 2 bridgehead atoms. The van der Waals surface area contributed by atoms with Crippen LogP contribution in [0.1, 0.15) is 50.0 Å². The molecule has 0 spiro atoms. The van der Waals surface area contributed by atoms with Gasteiger partial charge in [-0.1, -0.05) is 25.5 Å². The number of fused-ring (bicyclic) bond motifs is 1. The van der Waals surface area contributed by atoms with Crippen molar-refractivity contribution in [3.05, 3.63) is 29.9 Å². The van der Waals surface area contributed by atoms with Gasteiger partial charge in [0.15, 0.2) is 0 Å². The van der Waals surface area contributed by atoms with E-state index in [2.05, 4.69) is 35.1 Å². The van der Waals surface area contributed by atoms with Crippen LogP contribution in [-0.2, 0) is 7.05 Å². The average Bonchev–Trinajstić information content (AvgIpc) is 3.07. The number of piperidine rings is 1. The maximum atomic E-state index is 12.2. The summed E-state index contributed by atoms with van der Waals surface area (Å²) >= 11 is 0. The Morgan fingerprint density at radius 1 is 1.35 bits per heavy atom. The van der Waals surface area contributed by atoms with Gasteiger partial charge < -0.3 is 9.88 Å². The molecule has 1 aromatic heterocycles. The molecule has 1 N–H and O–H groups in total. The Kier molecular flexibility index (Phi) is 4.68. The standard InChI is InChI=1S/C21H32N4O/c1-21(2)17-5-4-16(18(21)10-17)13-25-8-6-15(7-9-25)11-23-20(26)19-12-22-14-24(19)3/h4,12,14-15,17-18H,5-11,13H2,1-3H3,(H,23,26)/t17-,18-/m0/s1. The third-order valence-electron chi connectivity index (χ3n) is 7.30. The number of nitrogens with one attached hydrogen (secondary N) is 1. The molecule has 2 heterocycles. The molecular formula is C21H32N4O. The van der Waals surface area contributed by atoms with Gasteiger partial charge in [0.2, 0.25) is 0 Å². The van der Waals surface area contributed by atoms with Crippen molar-refractivity contribution >= 4 is 5.91 Å². The number of rotatable bonds is 5. The number of aromatic nitrogens is 2. The summed E-state index contributed by atoms with van der Waals surface area (Å²) in [4.78, 5) is 18.8. The highest BCUT2D eigenvalue weighted by molar-refractivity contribution is 5.92. The summed E-state index contributed by atoms with van der Waals surface area (Å²) in [7, 11) is 1.85.